The first-order valence-corrected chi connectivity index (χ1v) is 14.2. The Bertz CT molecular complexity index is 1460. The second-order valence-electron chi connectivity index (χ2n) is 11.2. The molecule has 0 radical (unpaired) electrons. The maximum absolute atomic E-state index is 11.7. The number of carbonyl (C=O) groups is 1. The summed E-state index contributed by atoms with van der Waals surface area (Å²) in [4.78, 5) is 23.3. The summed E-state index contributed by atoms with van der Waals surface area (Å²) in [6.45, 7) is 4.12. The molecule has 1 aliphatic heterocycles. The van der Waals surface area contributed by atoms with Crippen molar-refractivity contribution in [2.24, 2.45) is 17.6 Å². The van der Waals surface area contributed by atoms with Gasteiger partial charge >= 0.3 is 0 Å². The van der Waals surface area contributed by atoms with Gasteiger partial charge in [0, 0.05) is 30.9 Å². The van der Waals surface area contributed by atoms with Crippen LogP contribution in [0.2, 0.25) is 0 Å². The van der Waals surface area contributed by atoms with Crippen molar-refractivity contribution in [2.75, 3.05) is 23.3 Å². The number of nitrogens with two attached hydrogens (primary N) is 1. The van der Waals surface area contributed by atoms with Gasteiger partial charge in [-0.1, -0.05) is 25.0 Å². The van der Waals surface area contributed by atoms with E-state index in [2.05, 4.69) is 49.7 Å². The molecular weight excluding hydrogens is 486 g/mol. The van der Waals surface area contributed by atoms with Crippen molar-refractivity contribution in [1.29, 1.82) is 0 Å². The number of primary amides is 1. The fourth-order valence-electron chi connectivity index (χ4n) is 6.50. The van der Waals surface area contributed by atoms with E-state index in [4.69, 9.17) is 5.73 Å². The number of nitrogens with one attached hydrogen (secondary N) is 1. The van der Waals surface area contributed by atoms with Crippen LogP contribution in [0.3, 0.4) is 0 Å². The van der Waals surface area contributed by atoms with E-state index in [0.717, 1.165) is 41.5 Å². The molecule has 2 aliphatic rings. The first-order chi connectivity index (χ1) is 19.0. The van der Waals surface area contributed by atoms with E-state index in [0.29, 0.717) is 23.4 Å². The SMILES string of the molecule is Cc1nc2ccc(N3CCC[C@H](C[C@@H]4CCCC[C@H]4Nc4cc(-c5cccc(C(N)=O)c5)ccn4)C3)cn2n1. The Morgan fingerprint density at radius 3 is 2.82 bits per heavy atom. The third kappa shape index (κ3) is 5.75. The predicted molar refractivity (Wildman–Crippen MR) is 155 cm³/mol. The minimum Gasteiger partial charge on any atom is -0.370 e. The summed E-state index contributed by atoms with van der Waals surface area (Å²) >= 11 is 0. The zero-order valence-corrected chi connectivity index (χ0v) is 22.6. The molecule has 1 aromatic carbocycles. The Morgan fingerprint density at radius 2 is 1.92 bits per heavy atom. The summed E-state index contributed by atoms with van der Waals surface area (Å²) in [6.07, 6.45) is 12.7. The van der Waals surface area contributed by atoms with Crippen LogP contribution in [-0.4, -0.2) is 44.6 Å². The Morgan fingerprint density at radius 1 is 1.05 bits per heavy atom. The van der Waals surface area contributed by atoms with Crippen molar-refractivity contribution in [3.05, 3.63) is 72.3 Å². The molecule has 39 heavy (non-hydrogen) atoms. The number of rotatable bonds is 7. The van der Waals surface area contributed by atoms with Gasteiger partial charge in [-0.15, -0.1) is 0 Å². The van der Waals surface area contributed by atoms with Gasteiger partial charge in [0.15, 0.2) is 5.65 Å². The minimum atomic E-state index is -0.412. The van der Waals surface area contributed by atoms with Gasteiger partial charge in [0.2, 0.25) is 5.91 Å². The van der Waals surface area contributed by atoms with Crippen LogP contribution in [0.1, 0.15) is 61.1 Å². The van der Waals surface area contributed by atoms with Gasteiger partial charge in [-0.3, -0.25) is 4.79 Å². The molecule has 4 heterocycles. The molecule has 1 amide bonds. The maximum atomic E-state index is 11.7. The van der Waals surface area contributed by atoms with Crippen molar-refractivity contribution in [2.45, 2.75) is 57.9 Å². The van der Waals surface area contributed by atoms with Crippen LogP contribution in [0.4, 0.5) is 11.5 Å². The Hall–Kier alpha value is -3.94. The fraction of sp³-hybridized carbons (Fsp3) is 0.419. The number of pyridine rings is 2. The fourth-order valence-corrected chi connectivity index (χ4v) is 6.50. The number of benzene rings is 1. The van der Waals surface area contributed by atoms with Crippen molar-refractivity contribution in [3.8, 4) is 11.1 Å². The molecule has 0 unspecified atom stereocenters. The van der Waals surface area contributed by atoms with Gasteiger partial charge in [0.05, 0.1) is 11.9 Å². The molecule has 4 aromatic rings. The molecule has 0 spiro atoms. The van der Waals surface area contributed by atoms with Crippen LogP contribution in [-0.2, 0) is 0 Å². The quantitative estimate of drug-likeness (QED) is 0.333. The summed E-state index contributed by atoms with van der Waals surface area (Å²) in [5.74, 6) is 2.60. The van der Waals surface area contributed by atoms with Crippen molar-refractivity contribution < 1.29 is 4.79 Å². The number of nitrogens with zero attached hydrogens (tertiary/aromatic N) is 5. The van der Waals surface area contributed by atoms with Crippen LogP contribution in [0, 0.1) is 18.8 Å². The lowest BCUT2D eigenvalue weighted by Gasteiger charge is -2.39. The number of aryl methyl sites for hydroxylation is 1. The Balaban J connectivity index is 1.13. The number of anilines is 2. The monoisotopic (exact) mass is 523 g/mol. The highest BCUT2D eigenvalue weighted by atomic mass is 16.1. The summed E-state index contributed by atoms with van der Waals surface area (Å²) in [6, 6.07) is 16.2. The van der Waals surface area contributed by atoms with E-state index in [1.807, 2.05) is 41.9 Å². The number of amides is 1. The molecule has 3 N–H and O–H groups in total. The lowest BCUT2D eigenvalue weighted by atomic mass is 9.77. The van der Waals surface area contributed by atoms with E-state index < -0.39 is 5.91 Å². The normalized spacial score (nSPS) is 21.7. The third-order valence-electron chi connectivity index (χ3n) is 8.42. The molecule has 1 aliphatic carbocycles. The van der Waals surface area contributed by atoms with Gasteiger partial charge in [-0.25, -0.2) is 14.5 Å². The van der Waals surface area contributed by atoms with Crippen LogP contribution >= 0.6 is 0 Å². The summed E-state index contributed by atoms with van der Waals surface area (Å²) in [5.41, 5.74) is 10.2. The molecule has 8 nitrogen and oxygen atoms in total. The third-order valence-corrected chi connectivity index (χ3v) is 8.42. The van der Waals surface area contributed by atoms with E-state index in [1.165, 1.54) is 50.6 Å². The van der Waals surface area contributed by atoms with Crippen molar-refractivity contribution in [3.63, 3.8) is 0 Å². The number of fused-ring (bicyclic) bond motifs is 1. The standard InChI is InChI=1S/C31H37N7O/c1-21-34-30-12-11-27(20-38(30)36-21)37-15-5-6-22(19-37)16-25-7-2-3-10-28(25)35-29-18-24(13-14-33-29)23-8-4-9-26(17-23)31(32)39/h4,8-9,11-14,17-18,20,22,25,28H,2-3,5-7,10,15-16,19H2,1H3,(H2,32,39)(H,33,35)/t22-,25+,28-/m1/s1. The highest BCUT2D eigenvalue weighted by molar-refractivity contribution is 5.94. The second kappa shape index (κ2) is 11.0. The van der Waals surface area contributed by atoms with Gasteiger partial charge in [0.1, 0.15) is 11.6 Å². The van der Waals surface area contributed by atoms with Crippen molar-refractivity contribution >= 4 is 23.1 Å². The van der Waals surface area contributed by atoms with Crippen molar-refractivity contribution in [1.82, 2.24) is 19.6 Å². The summed E-state index contributed by atoms with van der Waals surface area (Å²) in [7, 11) is 0. The number of carbonyl (C=O) groups excluding carboxylic acids is 1. The van der Waals surface area contributed by atoms with Gasteiger partial charge < -0.3 is 16.0 Å². The maximum Gasteiger partial charge on any atom is 0.248 e. The van der Waals surface area contributed by atoms with Gasteiger partial charge in [0.25, 0.3) is 0 Å². The molecule has 2 fully saturated rings. The molecule has 3 atom stereocenters. The Labute approximate surface area is 229 Å². The molecule has 3 aromatic heterocycles. The molecule has 1 saturated heterocycles. The molecule has 1 saturated carbocycles. The van der Waals surface area contributed by atoms with E-state index in [1.54, 1.807) is 6.07 Å². The molecule has 202 valence electrons. The average molecular weight is 524 g/mol. The second-order valence-corrected chi connectivity index (χ2v) is 11.2. The minimum absolute atomic E-state index is 0.412. The highest BCUT2D eigenvalue weighted by Crippen LogP contribution is 2.35. The smallest absolute Gasteiger partial charge is 0.248 e. The molecule has 6 rings (SSSR count). The predicted octanol–water partition coefficient (Wildman–Crippen LogP) is 5.48. The van der Waals surface area contributed by atoms with E-state index >= 15 is 0 Å². The zero-order chi connectivity index (χ0) is 26.8. The Kier molecular flexibility index (Phi) is 7.18. The van der Waals surface area contributed by atoms with Crippen LogP contribution < -0.4 is 16.0 Å². The molecule has 0 bridgehead atoms. The summed E-state index contributed by atoms with van der Waals surface area (Å²) in [5, 5.41) is 8.31. The number of hydrogen-bond acceptors (Lipinski definition) is 6. The topological polar surface area (TPSA) is 101 Å². The van der Waals surface area contributed by atoms with Crippen LogP contribution in [0.25, 0.3) is 16.8 Å². The zero-order valence-electron chi connectivity index (χ0n) is 22.6. The van der Waals surface area contributed by atoms with Crippen LogP contribution in [0.5, 0.6) is 0 Å². The highest BCUT2D eigenvalue weighted by Gasteiger charge is 2.30. The first-order valence-electron chi connectivity index (χ1n) is 14.2. The van der Waals surface area contributed by atoms with E-state index in [9.17, 15) is 4.79 Å². The molecular formula is C31H37N7O. The van der Waals surface area contributed by atoms with Gasteiger partial charge in [-0.2, -0.15) is 5.10 Å². The average Bonchev–Trinajstić information content (AvgIpc) is 3.34. The number of aromatic nitrogens is 4. The largest absolute Gasteiger partial charge is 0.370 e. The lowest BCUT2D eigenvalue weighted by Crippen LogP contribution is -2.39. The van der Waals surface area contributed by atoms with E-state index in [-0.39, 0.29) is 0 Å². The molecule has 8 heteroatoms. The number of piperidine rings is 1. The first kappa shape index (κ1) is 25.3. The number of hydrogen-bond donors (Lipinski definition) is 2. The van der Waals surface area contributed by atoms with Gasteiger partial charge in [-0.05, 0) is 98.4 Å². The van der Waals surface area contributed by atoms with Crippen LogP contribution in [0.15, 0.2) is 60.9 Å². The summed E-state index contributed by atoms with van der Waals surface area (Å²) < 4.78 is 1.90. The lowest BCUT2D eigenvalue weighted by molar-refractivity contribution is 0.100.